The maximum absolute atomic E-state index is 14.2. The fourth-order valence-corrected chi connectivity index (χ4v) is 2.93. The molecule has 1 nitrogen and oxygen atoms in total. The normalized spacial score (nSPS) is 15.3. The van der Waals surface area contributed by atoms with Crippen LogP contribution in [-0.2, 0) is 5.41 Å². The molecule has 0 radical (unpaired) electrons. The van der Waals surface area contributed by atoms with E-state index in [0.29, 0.717) is 22.1 Å². The Bertz CT molecular complexity index is 808. The molecule has 0 atom stereocenters. The first kappa shape index (κ1) is 14.7. The molecule has 22 heavy (non-hydrogen) atoms. The molecular formula is C19H14ClFO. The molecule has 2 aromatic carbocycles. The number of ether oxygens (including phenoxy) is 1. The van der Waals surface area contributed by atoms with Crippen molar-refractivity contribution in [3.05, 3.63) is 70.0 Å². The lowest BCUT2D eigenvalue weighted by Crippen LogP contribution is -2.22. The van der Waals surface area contributed by atoms with Crippen LogP contribution in [-0.4, -0.2) is 0 Å². The molecule has 3 heteroatoms. The van der Waals surface area contributed by atoms with Gasteiger partial charge >= 0.3 is 0 Å². The fourth-order valence-electron chi connectivity index (χ4n) is 2.67. The number of terminal acetylenes is 1. The minimum absolute atomic E-state index is 0.259. The van der Waals surface area contributed by atoms with Crippen molar-refractivity contribution in [2.75, 3.05) is 0 Å². The zero-order valence-electron chi connectivity index (χ0n) is 12.3. The summed E-state index contributed by atoms with van der Waals surface area (Å²) < 4.78 is 20.1. The molecule has 2 aromatic rings. The third-order valence-electron chi connectivity index (χ3n) is 3.78. The monoisotopic (exact) mass is 312 g/mol. The lowest BCUT2D eigenvalue weighted by molar-refractivity contribution is 0.455. The van der Waals surface area contributed by atoms with Gasteiger partial charge in [0.05, 0.1) is 16.1 Å². The Kier molecular flexibility index (Phi) is 3.47. The van der Waals surface area contributed by atoms with Gasteiger partial charge in [0.2, 0.25) is 0 Å². The van der Waals surface area contributed by atoms with E-state index >= 15 is 0 Å². The van der Waals surface area contributed by atoms with Gasteiger partial charge in [0, 0.05) is 11.0 Å². The number of fused-ring (bicyclic) bond motifs is 1. The minimum Gasteiger partial charge on any atom is -0.455 e. The summed E-state index contributed by atoms with van der Waals surface area (Å²) in [5.41, 5.74) is 1.53. The predicted octanol–water partition coefficient (Wildman–Crippen LogP) is 5.17. The van der Waals surface area contributed by atoms with Gasteiger partial charge in [-0.15, -0.1) is 6.42 Å². The van der Waals surface area contributed by atoms with E-state index in [0.717, 1.165) is 5.56 Å². The number of benzene rings is 2. The lowest BCUT2D eigenvalue weighted by atomic mass is 9.80. The Morgan fingerprint density at radius 3 is 2.59 bits per heavy atom. The van der Waals surface area contributed by atoms with Crippen molar-refractivity contribution < 1.29 is 9.13 Å². The molecule has 3 rings (SSSR count). The van der Waals surface area contributed by atoms with Gasteiger partial charge in [0.15, 0.2) is 0 Å². The van der Waals surface area contributed by atoms with Gasteiger partial charge in [-0.2, -0.15) is 0 Å². The van der Waals surface area contributed by atoms with Crippen LogP contribution in [0.5, 0.6) is 5.75 Å². The highest BCUT2D eigenvalue weighted by molar-refractivity contribution is 6.32. The highest BCUT2D eigenvalue weighted by Crippen LogP contribution is 2.44. The Morgan fingerprint density at radius 2 is 1.91 bits per heavy atom. The largest absolute Gasteiger partial charge is 0.455 e. The molecule has 1 heterocycles. The quantitative estimate of drug-likeness (QED) is 0.660. The van der Waals surface area contributed by atoms with Gasteiger partial charge < -0.3 is 4.74 Å². The molecule has 0 amide bonds. The maximum atomic E-state index is 14.2. The van der Waals surface area contributed by atoms with Gasteiger partial charge in [-0.1, -0.05) is 49.6 Å². The van der Waals surface area contributed by atoms with Crippen molar-refractivity contribution in [3.63, 3.8) is 0 Å². The fraction of sp³-hybridized carbons (Fsp3) is 0.158. The second-order valence-electron chi connectivity index (χ2n) is 5.76. The molecular weight excluding hydrogens is 299 g/mol. The summed E-state index contributed by atoms with van der Waals surface area (Å²) in [6, 6.07) is 10.2. The van der Waals surface area contributed by atoms with E-state index in [4.69, 9.17) is 22.8 Å². The van der Waals surface area contributed by atoms with Crippen LogP contribution in [0.4, 0.5) is 4.39 Å². The Hall–Kier alpha value is -2.24. The molecule has 1 aliphatic heterocycles. The van der Waals surface area contributed by atoms with Crippen LogP contribution in [0.25, 0.3) is 5.76 Å². The predicted molar refractivity (Wildman–Crippen MR) is 87.4 cm³/mol. The molecule has 0 saturated carbocycles. The van der Waals surface area contributed by atoms with Gasteiger partial charge in [-0.3, -0.25) is 0 Å². The van der Waals surface area contributed by atoms with Crippen LogP contribution < -0.4 is 4.74 Å². The molecule has 0 aromatic heterocycles. The highest BCUT2D eigenvalue weighted by atomic mass is 35.5. The first-order valence-electron chi connectivity index (χ1n) is 6.89. The van der Waals surface area contributed by atoms with Crippen LogP contribution in [0.15, 0.2) is 42.5 Å². The Morgan fingerprint density at radius 1 is 1.18 bits per heavy atom. The van der Waals surface area contributed by atoms with Crippen LogP contribution in [0.3, 0.4) is 0 Å². The molecule has 1 aliphatic rings. The first-order valence-corrected chi connectivity index (χ1v) is 7.27. The minimum atomic E-state index is -0.420. The maximum Gasteiger partial charge on any atom is 0.147 e. The lowest BCUT2D eigenvalue weighted by Gasteiger charge is -2.31. The Balaban J connectivity index is 2.22. The molecule has 110 valence electrons. The molecule has 0 fully saturated rings. The standard InChI is InChI=1S/C19H14ClFO/c1-4-12-7-5-8-13-18(12)22-16(11-19(13,2)3)17-14(20)9-6-10-15(17)21/h1,5-11H,2-3H3. The summed E-state index contributed by atoms with van der Waals surface area (Å²) in [6.07, 6.45) is 7.43. The van der Waals surface area contributed by atoms with Gasteiger partial charge in [0.1, 0.15) is 17.3 Å². The Labute approximate surface area is 134 Å². The molecule has 0 bridgehead atoms. The van der Waals surface area contributed by atoms with Crippen molar-refractivity contribution in [2.24, 2.45) is 0 Å². The molecule has 0 saturated heterocycles. The number of hydrogen-bond acceptors (Lipinski definition) is 1. The average Bonchev–Trinajstić information content (AvgIpc) is 2.46. The van der Waals surface area contributed by atoms with E-state index in [-0.39, 0.29) is 11.0 Å². The summed E-state index contributed by atoms with van der Waals surface area (Å²) in [5, 5.41) is 0.309. The third-order valence-corrected chi connectivity index (χ3v) is 4.09. The topological polar surface area (TPSA) is 9.23 Å². The zero-order chi connectivity index (χ0) is 15.9. The van der Waals surface area contributed by atoms with Crippen molar-refractivity contribution in [2.45, 2.75) is 19.3 Å². The average molecular weight is 313 g/mol. The van der Waals surface area contributed by atoms with E-state index in [9.17, 15) is 4.39 Å². The van der Waals surface area contributed by atoms with Crippen LogP contribution in [0.2, 0.25) is 5.02 Å². The number of rotatable bonds is 1. The SMILES string of the molecule is C#Cc1cccc2c1OC(c1c(F)cccc1Cl)=CC2(C)C. The van der Waals surface area contributed by atoms with E-state index in [2.05, 4.69) is 5.92 Å². The van der Waals surface area contributed by atoms with E-state index in [1.807, 2.05) is 32.1 Å². The molecule has 0 unspecified atom stereocenters. The number of para-hydroxylation sites is 1. The second-order valence-corrected chi connectivity index (χ2v) is 6.16. The smallest absolute Gasteiger partial charge is 0.147 e. The number of allylic oxidation sites excluding steroid dienone is 1. The highest BCUT2D eigenvalue weighted by Gasteiger charge is 2.31. The van der Waals surface area contributed by atoms with Crippen molar-refractivity contribution in [1.29, 1.82) is 0 Å². The molecule has 0 spiro atoms. The van der Waals surface area contributed by atoms with Crippen molar-refractivity contribution >= 4 is 17.4 Å². The summed E-state index contributed by atoms with van der Waals surface area (Å²) in [4.78, 5) is 0. The van der Waals surface area contributed by atoms with Crippen LogP contribution in [0.1, 0.15) is 30.5 Å². The summed E-state index contributed by atoms with van der Waals surface area (Å²) in [7, 11) is 0. The molecule has 0 aliphatic carbocycles. The van der Waals surface area contributed by atoms with Gasteiger partial charge in [-0.25, -0.2) is 4.39 Å². The van der Waals surface area contributed by atoms with Gasteiger partial charge in [0.25, 0.3) is 0 Å². The second kappa shape index (κ2) is 5.19. The number of halogens is 2. The van der Waals surface area contributed by atoms with Crippen LogP contribution >= 0.6 is 11.6 Å². The van der Waals surface area contributed by atoms with Crippen molar-refractivity contribution in [1.82, 2.24) is 0 Å². The van der Waals surface area contributed by atoms with Crippen LogP contribution in [0, 0.1) is 18.2 Å². The summed E-state index contributed by atoms with van der Waals surface area (Å²) in [6.45, 7) is 4.06. The first-order chi connectivity index (χ1) is 10.4. The van der Waals surface area contributed by atoms with E-state index < -0.39 is 5.82 Å². The van der Waals surface area contributed by atoms with E-state index in [1.165, 1.54) is 6.07 Å². The summed E-state index contributed by atoms with van der Waals surface area (Å²) in [5.74, 6) is 3.18. The molecule has 0 N–H and O–H groups in total. The third kappa shape index (κ3) is 2.28. The van der Waals surface area contributed by atoms with Gasteiger partial charge in [-0.05, 0) is 24.3 Å². The van der Waals surface area contributed by atoms with Crippen molar-refractivity contribution in [3.8, 4) is 18.1 Å². The summed E-state index contributed by atoms with van der Waals surface area (Å²) >= 11 is 6.16. The van der Waals surface area contributed by atoms with E-state index in [1.54, 1.807) is 18.2 Å². The zero-order valence-corrected chi connectivity index (χ0v) is 13.0. The number of hydrogen-bond donors (Lipinski definition) is 0.